The highest BCUT2D eigenvalue weighted by molar-refractivity contribution is 6.31. The Morgan fingerprint density at radius 1 is 1.07 bits per heavy atom. The van der Waals surface area contributed by atoms with Crippen LogP contribution in [0.1, 0.15) is 33.2 Å². The number of esters is 1. The third kappa shape index (κ3) is 4.61. The first kappa shape index (κ1) is 21.7. The van der Waals surface area contributed by atoms with Crippen LogP contribution in [-0.2, 0) is 15.9 Å². The highest BCUT2D eigenvalue weighted by Crippen LogP contribution is 2.34. The fourth-order valence-electron chi connectivity index (χ4n) is 3.38. The minimum Gasteiger partial charge on any atom is -0.465 e. The number of methoxy groups -OCH3 is 1. The van der Waals surface area contributed by atoms with Crippen molar-refractivity contribution in [2.75, 3.05) is 13.7 Å². The Kier molecular flexibility index (Phi) is 6.89. The molecule has 156 valence electrons. The van der Waals surface area contributed by atoms with E-state index in [1.54, 1.807) is 42.5 Å². The van der Waals surface area contributed by atoms with E-state index in [2.05, 4.69) is 4.74 Å². The van der Waals surface area contributed by atoms with Crippen molar-refractivity contribution in [3.05, 3.63) is 69.7 Å². The number of carbonyl (C=O) groups is 1. The number of carbonyl (C=O) groups excluding carboxylic acids is 1. The second-order valence-corrected chi connectivity index (χ2v) is 7.37. The summed E-state index contributed by atoms with van der Waals surface area (Å²) in [4.78, 5) is 11.6. The van der Waals surface area contributed by atoms with Gasteiger partial charge in [0.1, 0.15) is 30.5 Å². The normalized spacial score (nSPS) is 26.9. The molecule has 4 N–H and O–H groups in total. The van der Waals surface area contributed by atoms with Gasteiger partial charge in [-0.1, -0.05) is 35.9 Å². The monoisotopic (exact) mass is 422 g/mol. The Balaban J connectivity index is 1.83. The van der Waals surface area contributed by atoms with Gasteiger partial charge in [-0.15, -0.1) is 0 Å². The molecule has 3 rings (SSSR count). The van der Waals surface area contributed by atoms with E-state index >= 15 is 0 Å². The van der Waals surface area contributed by atoms with Gasteiger partial charge in [-0.05, 0) is 41.3 Å². The molecule has 1 heterocycles. The second kappa shape index (κ2) is 9.21. The fraction of sp³-hybridized carbons (Fsp3) is 0.381. The topological polar surface area (TPSA) is 116 Å². The van der Waals surface area contributed by atoms with Gasteiger partial charge < -0.3 is 29.9 Å². The molecule has 1 aliphatic heterocycles. The lowest BCUT2D eigenvalue weighted by atomic mass is 9.90. The molecule has 8 heteroatoms. The Morgan fingerprint density at radius 2 is 1.76 bits per heavy atom. The smallest absolute Gasteiger partial charge is 0.337 e. The molecule has 7 nitrogen and oxygen atoms in total. The van der Waals surface area contributed by atoms with Crippen molar-refractivity contribution in [2.24, 2.45) is 0 Å². The molecule has 0 bridgehead atoms. The second-order valence-electron chi connectivity index (χ2n) is 6.97. The van der Waals surface area contributed by atoms with E-state index in [4.69, 9.17) is 16.3 Å². The third-order valence-electron chi connectivity index (χ3n) is 5.06. The molecule has 2 aromatic rings. The predicted octanol–water partition coefficient (Wildman–Crippen LogP) is 1.23. The number of halogens is 1. The van der Waals surface area contributed by atoms with Crippen molar-refractivity contribution >= 4 is 17.6 Å². The van der Waals surface area contributed by atoms with Gasteiger partial charge in [0, 0.05) is 5.02 Å². The maximum absolute atomic E-state index is 11.6. The van der Waals surface area contributed by atoms with Gasteiger partial charge in [0.05, 0.1) is 19.3 Å². The number of hydrogen-bond donors (Lipinski definition) is 4. The van der Waals surface area contributed by atoms with Crippen LogP contribution < -0.4 is 0 Å². The van der Waals surface area contributed by atoms with Crippen LogP contribution in [0, 0.1) is 0 Å². The zero-order valence-electron chi connectivity index (χ0n) is 15.7. The summed E-state index contributed by atoms with van der Waals surface area (Å²) in [6.07, 6.45) is -5.67. The van der Waals surface area contributed by atoms with Crippen molar-refractivity contribution in [1.82, 2.24) is 0 Å². The largest absolute Gasteiger partial charge is 0.465 e. The Hall–Kier alpha value is -2.00. The summed E-state index contributed by atoms with van der Waals surface area (Å²) in [5, 5.41) is 40.2. The highest BCUT2D eigenvalue weighted by atomic mass is 35.5. The van der Waals surface area contributed by atoms with E-state index in [1.165, 1.54) is 7.11 Å². The summed E-state index contributed by atoms with van der Waals surface area (Å²) >= 11 is 6.33. The zero-order chi connectivity index (χ0) is 21.1. The van der Waals surface area contributed by atoms with Crippen LogP contribution in [0.2, 0.25) is 5.02 Å². The minimum atomic E-state index is -1.45. The van der Waals surface area contributed by atoms with Gasteiger partial charge in [0.2, 0.25) is 0 Å². The van der Waals surface area contributed by atoms with E-state index in [0.29, 0.717) is 22.6 Å². The highest BCUT2D eigenvalue weighted by Gasteiger charge is 2.44. The first-order valence-electron chi connectivity index (χ1n) is 9.11. The Bertz CT molecular complexity index is 853. The van der Waals surface area contributed by atoms with Gasteiger partial charge in [-0.25, -0.2) is 4.79 Å². The predicted molar refractivity (Wildman–Crippen MR) is 105 cm³/mol. The molecule has 0 unspecified atom stereocenters. The van der Waals surface area contributed by atoms with Crippen molar-refractivity contribution in [3.8, 4) is 0 Å². The Labute approximate surface area is 173 Å². The molecule has 2 aromatic carbocycles. The van der Waals surface area contributed by atoms with E-state index in [-0.39, 0.29) is 0 Å². The molecule has 29 heavy (non-hydrogen) atoms. The lowest BCUT2D eigenvalue weighted by Gasteiger charge is -2.40. The minimum absolute atomic E-state index is 0.417. The molecular weight excluding hydrogens is 400 g/mol. The van der Waals surface area contributed by atoms with Crippen LogP contribution in [0.3, 0.4) is 0 Å². The van der Waals surface area contributed by atoms with Crippen LogP contribution in [0.15, 0.2) is 42.5 Å². The maximum Gasteiger partial charge on any atom is 0.337 e. The van der Waals surface area contributed by atoms with Gasteiger partial charge in [0.25, 0.3) is 0 Å². The molecule has 0 radical (unpaired) electrons. The summed E-state index contributed by atoms with van der Waals surface area (Å²) in [6, 6.07) is 12.0. The summed E-state index contributed by atoms with van der Waals surface area (Å²) in [6.45, 7) is -0.492. The van der Waals surface area contributed by atoms with Gasteiger partial charge in [-0.3, -0.25) is 0 Å². The molecule has 0 amide bonds. The van der Waals surface area contributed by atoms with Gasteiger partial charge in [-0.2, -0.15) is 0 Å². The van der Waals surface area contributed by atoms with Crippen molar-refractivity contribution in [3.63, 3.8) is 0 Å². The molecule has 1 saturated heterocycles. The third-order valence-corrected chi connectivity index (χ3v) is 5.43. The van der Waals surface area contributed by atoms with E-state index in [0.717, 1.165) is 11.1 Å². The van der Waals surface area contributed by atoms with E-state index < -0.39 is 43.1 Å². The molecule has 5 atom stereocenters. The number of rotatable bonds is 5. The first-order valence-corrected chi connectivity index (χ1v) is 9.49. The quantitative estimate of drug-likeness (QED) is 0.535. The number of ether oxygens (including phenoxy) is 2. The SMILES string of the molecule is COC(=O)c1ccc(Cc2cc([C@@H]3O[C@H](CO)[C@@H](O)[C@H](O)[C@H]3O)ccc2Cl)cc1. The Morgan fingerprint density at radius 3 is 2.38 bits per heavy atom. The summed E-state index contributed by atoms with van der Waals surface area (Å²) in [5.41, 5.74) is 2.67. The van der Waals surface area contributed by atoms with Crippen molar-refractivity contribution < 1.29 is 34.7 Å². The van der Waals surface area contributed by atoms with Crippen molar-refractivity contribution in [1.29, 1.82) is 0 Å². The molecule has 0 spiro atoms. The number of aliphatic hydroxyl groups is 4. The van der Waals surface area contributed by atoms with E-state index in [1.807, 2.05) is 0 Å². The lowest BCUT2D eigenvalue weighted by Crippen LogP contribution is -2.55. The molecule has 1 aliphatic rings. The van der Waals surface area contributed by atoms with Crippen LogP contribution in [0.4, 0.5) is 0 Å². The van der Waals surface area contributed by atoms with Gasteiger partial charge >= 0.3 is 5.97 Å². The molecule has 0 aromatic heterocycles. The van der Waals surface area contributed by atoms with E-state index in [9.17, 15) is 25.2 Å². The average Bonchev–Trinajstić information content (AvgIpc) is 2.74. The first-order chi connectivity index (χ1) is 13.8. The summed E-state index contributed by atoms with van der Waals surface area (Å²) in [5.74, 6) is -0.417. The number of benzene rings is 2. The molecule has 0 aliphatic carbocycles. The number of aliphatic hydroxyl groups excluding tert-OH is 4. The maximum atomic E-state index is 11.6. The fourth-order valence-corrected chi connectivity index (χ4v) is 3.57. The summed E-state index contributed by atoms with van der Waals surface area (Å²) in [7, 11) is 1.32. The summed E-state index contributed by atoms with van der Waals surface area (Å²) < 4.78 is 10.3. The molecule has 1 fully saturated rings. The zero-order valence-corrected chi connectivity index (χ0v) is 16.5. The lowest BCUT2D eigenvalue weighted by molar-refractivity contribution is -0.231. The standard InChI is InChI=1S/C21H23ClO7/c1-28-21(27)12-4-2-11(3-5-12)8-14-9-13(6-7-15(14)22)20-19(26)18(25)17(24)16(10-23)29-20/h2-7,9,16-20,23-26H,8,10H2,1H3/t16-,17-,18+,19-,20+/m1/s1. The average molecular weight is 423 g/mol. The van der Waals surface area contributed by atoms with Crippen molar-refractivity contribution in [2.45, 2.75) is 36.9 Å². The van der Waals surface area contributed by atoms with Crippen LogP contribution >= 0.6 is 11.6 Å². The molecule has 0 saturated carbocycles. The van der Waals surface area contributed by atoms with Crippen LogP contribution in [0.25, 0.3) is 0 Å². The molecular formula is C21H23ClO7. The van der Waals surface area contributed by atoms with Gasteiger partial charge in [0.15, 0.2) is 0 Å². The van der Waals surface area contributed by atoms with Crippen LogP contribution in [0.5, 0.6) is 0 Å². The number of hydrogen-bond acceptors (Lipinski definition) is 7. The van der Waals surface area contributed by atoms with Crippen LogP contribution in [-0.4, -0.2) is 64.5 Å².